The number of benzene rings is 2. The number of carbonyl (C=O) groups is 1. The summed E-state index contributed by atoms with van der Waals surface area (Å²) in [5.74, 6) is 0.935. The van der Waals surface area contributed by atoms with Crippen molar-refractivity contribution in [3.05, 3.63) is 53.6 Å². The first-order chi connectivity index (χ1) is 13.4. The SMILES string of the molecule is COc1cccc(CNS(=O)(=O)CCNC(=O)c2ccc(OC)c(OC)c2)c1. The molecule has 152 valence electrons. The van der Waals surface area contributed by atoms with E-state index in [1.54, 1.807) is 43.5 Å². The van der Waals surface area contributed by atoms with Gasteiger partial charge in [-0.25, -0.2) is 13.1 Å². The topological polar surface area (TPSA) is 103 Å². The summed E-state index contributed by atoms with van der Waals surface area (Å²) in [5, 5.41) is 2.59. The zero-order chi connectivity index (χ0) is 20.6. The fraction of sp³-hybridized carbons (Fsp3) is 0.316. The summed E-state index contributed by atoms with van der Waals surface area (Å²) in [7, 11) is 0.968. The van der Waals surface area contributed by atoms with E-state index in [2.05, 4.69) is 10.0 Å². The van der Waals surface area contributed by atoms with Crippen LogP contribution < -0.4 is 24.2 Å². The molecule has 0 unspecified atom stereocenters. The van der Waals surface area contributed by atoms with Crippen LogP contribution >= 0.6 is 0 Å². The van der Waals surface area contributed by atoms with Crippen molar-refractivity contribution in [1.82, 2.24) is 10.0 Å². The molecule has 0 aliphatic carbocycles. The van der Waals surface area contributed by atoms with Crippen molar-refractivity contribution >= 4 is 15.9 Å². The zero-order valence-corrected chi connectivity index (χ0v) is 16.8. The van der Waals surface area contributed by atoms with Gasteiger partial charge < -0.3 is 19.5 Å². The number of carbonyl (C=O) groups excluding carboxylic acids is 1. The van der Waals surface area contributed by atoms with E-state index in [9.17, 15) is 13.2 Å². The van der Waals surface area contributed by atoms with E-state index in [4.69, 9.17) is 14.2 Å². The molecule has 1 amide bonds. The maximum absolute atomic E-state index is 12.2. The molecule has 0 fully saturated rings. The van der Waals surface area contributed by atoms with Gasteiger partial charge in [-0.05, 0) is 35.9 Å². The molecule has 2 aromatic rings. The van der Waals surface area contributed by atoms with Crippen LogP contribution in [-0.4, -0.2) is 48.0 Å². The van der Waals surface area contributed by atoms with E-state index in [1.165, 1.54) is 20.3 Å². The van der Waals surface area contributed by atoms with Crippen molar-refractivity contribution in [1.29, 1.82) is 0 Å². The van der Waals surface area contributed by atoms with Gasteiger partial charge in [0.2, 0.25) is 10.0 Å². The van der Waals surface area contributed by atoms with Gasteiger partial charge in [-0.3, -0.25) is 4.79 Å². The number of hydrogen-bond acceptors (Lipinski definition) is 6. The molecule has 0 spiro atoms. The summed E-state index contributed by atoms with van der Waals surface area (Å²) in [6.45, 7) is 0.115. The lowest BCUT2D eigenvalue weighted by Crippen LogP contribution is -2.34. The minimum absolute atomic E-state index is 0.0272. The summed E-state index contributed by atoms with van der Waals surface area (Å²) in [6.07, 6.45) is 0. The minimum atomic E-state index is -3.55. The maximum atomic E-state index is 12.2. The highest BCUT2D eigenvalue weighted by atomic mass is 32.2. The number of rotatable bonds is 10. The quantitative estimate of drug-likeness (QED) is 0.619. The highest BCUT2D eigenvalue weighted by Crippen LogP contribution is 2.27. The summed E-state index contributed by atoms with van der Waals surface area (Å²) in [6, 6.07) is 11.8. The lowest BCUT2D eigenvalue weighted by molar-refractivity contribution is 0.0955. The average Bonchev–Trinajstić information content (AvgIpc) is 2.71. The number of hydrogen-bond donors (Lipinski definition) is 2. The van der Waals surface area contributed by atoms with E-state index < -0.39 is 15.9 Å². The van der Waals surface area contributed by atoms with Crippen LogP contribution in [0.5, 0.6) is 17.2 Å². The summed E-state index contributed by atoms with van der Waals surface area (Å²) in [5.41, 5.74) is 1.12. The fourth-order valence-corrected chi connectivity index (χ4v) is 3.33. The Balaban J connectivity index is 1.86. The second kappa shape index (κ2) is 9.95. The molecule has 2 rings (SSSR count). The van der Waals surface area contributed by atoms with Gasteiger partial charge in [0.15, 0.2) is 11.5 Å². The molecule has 8 nitrogen and oxygen atoms in total. The summed E-state index contributed by atoms with van der Waals surface area (Å²) in [4.78, 5) is 12.2. The van der Waals surface area contributed by atoms with Gasteiger partial charge in [0.25, 0.3) is 5.91 Å². The first kappa shape index (κ1) is 21.5. The second-order valence-electron chi connectivity index (χ2n) is 5.82. The number of sulfonamides is 1. The van der Waals surface area contributed by atoms with Crippen molar-refractivity contribution in [2.75, 3.05) is 33.6 Å². The van der Waals surface area contributed by atoms with Gasteiger partial charge in [0.1, 0.15) is 5.75 Å². The molecule has 0 saturated heterocycles. The molecule has 28 heavy (non-hydrogen) atoms. The van der Waals surface area contributed by atoms with Gasteiger partial charge in [-0.2, -0.15) is 0 Å². The smallest absolute Gasteiger partial charge is 0.251 e. The monoisotopic (exact) mass is 408 g/mol. The van der Waals surface area contributed by atoms with Crippen molar-refractivity contribution in [3.8, 4) is 17.2 Å². The Kier molecular flexibility index (Phi) is 7.65. The molecule has 0 radical (unpaired) electrons. The first-order valence-electron chi connectivity index (χ1n) is 8.49. The van der Waals surface area contributed by atoms with Crippen molar-refractivity contribution in [2.45, 2.75) is 6.54 Å². The van der Waals surface area contributed by atoms with Crippen LogP contribution in [0.1, 0.15) is 15.9 Å². The summed E-state index contributed by atoms with van der Waals surface area (Å²) < 4.78 is 42.2. The van der Waals surface area contributed by atoms with Crippen LogP contribution in [0, 0.1) is 0 Å². The number of nitrogens with one attached hydrogen (secondary N) is 2. The Bertz CT molecular complexity index is 914. The molecular formula is C19H24N2O6S. The van der Waals surface area contributed by atoms with Gasteiger partial charge in [0.05, 0.1) is 27.1 Å². The molecule has 0 heterocycles. The molecule has 9 heteroatoms. The third-order valence-electron chi connectivity index (χ3n) is 3.93. The molecule has 2 aromatic carbocycles. The number of ether oxygens (including phenoxy) is 3. The van der Waals surface area contributed by atoms with Crippen molar-refractivity contribution in [3.63, 3.8) is 0 Å². The Morgan fingerprint density at radius 3 is 2.39 bits per heavy atom. The summed E-state index contributed by atoms with van der Waals surface area (Å²) >= 11 is 0. The van der Waals surface area contributed by atoms with Crippen molar-refractivity contribution in [2.24, 2.45) is 0 Å². The maximum Gasteiger partial charge on any atom is 0.251 e. The largest absolute Gasteiger partial charge is 0.497 e. The second-order valence-corrected chi connectivity index (χ2v) is 7.74. The standard InChI is InChI=1S/C19H24N2O6S/c1-25-16-6-4-5-14(11-16)13-21-28(23,24)10-9-20-19(22)15-7-8-17(26-2)18(12-15)27-3/h4-8,11-12,21H,9-10,13H2,1-3H3,(H,20,22). The highest BCUT2D eigenvalue weighted by molar-refractivity contribution is 7.89. The third kappa shape index (κ3) is 6.14. The Labute approximate surface area is 164 Å². The van der Waals surface area contributed by atoms with Gasteiger partial charge in [0, 0.05) is 18.7 Å². The van der Waals surface area contributed by atoms with Crippen LogP contribution in [0.15, 0.2) is 42.5 Å². The minimum Gasteiger partial charge on any atom is -0.497 e. The predicted octanol–water partition coefficient (Wildman–Crippen LogP) is 1.56. The van der Waals surface area contributed by atoms with E-state index in [0.29, 0.717) is 22.8 Å². The Hall–Kier alpha value is -2.78. The molecule has 2 N–H and O–H groups in total. The normalized spacial score (nSPS) is 11.0. The first-order valence-corrected chi connectivity index (χ1v) is 10.1. The lowest BCUT2D eigenvalue weighted by Gasteiger charge is -2.11. The van der Waals surface area contributed by atoms with E-state index >= 15 is 0 Å². The van der Waals surface area contributed by atoms with Crippen LogP contribution in [0.4, 0.5) is 0 Å². The van der Waals surface area contributed by atoms with Crippen LogP contribution in [0.2, 0.25) is 0 Å². The molecule has 0 saturated carbocycles. The van der Waals surface area contributed by atoms with Crippen LogP contribution in [-0.2, 0) is 16.6 Å². The molecule has 0 aromatic heterocycles. The fourth-order valence-electron chi connectivity index (χ4n) is 2.43. The Morgan fingerprint density at radius 2 is 1.71 bits per heavy atom. The molecule has 0 atom stereocenters. The highest BCUT2D eigenvalue weighted by Gasteiger charge is 2.13. The third-order valence-corrected chi connectivity index (χ3v) is 5.26. The lowest BCUT2D eigenvalue weighted by atomic mass is 10.2. The zero-order valence-electron chi connectivity index (χ0n) is 16.0. The Morgan fingerprint density at radius 1 is 0.964 bits per heavy atom. The molecule has 0 aliphatic rings. The van der Waals surface area contributed by atoms with E-state index in [0.717, 1.165) is 5.56 Å². The molecule has 0 aliphatic heterocycles. The van der Waals surface area contributed by atoms with Gasteiger partial charge in [-0.15, -0.1) is 0 Å². The average molecular weight is 408 g/mol. The van der Waals surface area contributed by atoms with Gasteiger partial charge in [-0.1, -0.05) is 12.1 Å². The molecule has 0 bridgehead atoms. The van der Waals surface area contributed by atoms with Crippen molar-refractivity contribution < 1.29 is 27.4 Å². The van der Waals surface area contributed by atoms with E-state index in [1.807, 2.05) is 0 Å². The van der Waals surface area contributed by atoms with Crippen LogP contribution in [0.3, 0.4) is 0 Å². The van der Waals surface area contributed by atoms with Crippen LogP contribution in [0.25, 0.3) is 0 Å². The number of amides is 1. The molecular weight excluding hydrogens is 384 g/mol. The predicted molar refractivity (Wildman–Crippen MR) is 105 cm³/mol. The van der Waals surface area contributed by atoms with E-state index in [-0.39, 0.29) is 18.8 Å². The van der Waals surface area contributed by atoms with Gasteiger partial charge >= 0.3 is 0 Å². The number of methoxy groups -OCH3 is 3.